The second-order valence-electron chi connectivity index (χ2n) is 5.93. The van der Waals surface area contributed by atoms with E-state index in [1.165, 1.54) is 0 Å². The number of amides is 1. The number of likely N-dealkylation sites (tertiary alicyclic amines) is 1. The van der Waals surface area contributed by atoms with Crippen LogP contribution < -0.4 is 5.32 Å². The lowest BCUT2D eigenvalue weighted by atomic mass is 9.81. The molecule has 2 rings (SSSR count). The van der Waals surface area contributed by atoms with Crippen molar-refractivity contribution in [3.05, 3.63) is 0 Å². The van der Waals surface area contributed by atoms with E-state index < -0.39 is 5.60 Å². The molecular weight excluding hydrogens is 216 g/mol. The molecule has 0 aromatic heterocycles. The van der Waals surface area contributed by atoms with Crippen molar-refractivity contribution in [1.82, 2.24) is 10.2 Å². The molecule has 4 heteroatoms. The lowest BCUT2D eigenvalue weighted by molar-refractivity contribution is -0.141. The molecule has 0 bridgehead atoms. The van der Waals surface area contributed by atoms with Crippen molar-refractivity contribution in [3.8, 4) is 0 Å². The average Bonchev–Trinajstić information content (AvgIpc) is 2.85. The van der Waals surface area contributed by atoms with Gasteiger partial charge in [0.15, 0.2) is 0 Å². The maximum Gasteiger partial charge on any atom is 0.230 e. The predicted octanol–water partition coefficient (Wildman–Crippen LogP) is 0.749. The molecule has 1 amide bonds. The molecule has 2 atom stereocenters. The van der Waals surface area contributed by atoms with Gasteiger partial charge in [0.2, 0.25) is 5.91 Å². The van der Waals surface area contributed by atoms with Gasteiger partial charge in [-0.25, -0.2) is 0 Å². The Morgan fingerprint density at radius 2 is 2.24 bits per heavy atom. The highest BCUT2D eigenvalue weighted by Crippen LogP contribution is 2.35. The van der Waals surface area contributed by atoms with Crippen molar-refractivity contribution in [2.75, 3.05) is 26.2 Å². The number of hydrogen-bond acceptors (Lipinski definition) is 3. The first-order valence-corrected chi connectivity index (χ1v) is 6.72. The number of nitrogens with zero attached hydrogens (tertiary/aromatic N) is 1. The monoisotopic (exact) mass is 240 g/mol. The minimum Gasteiger partial charge on any atom is -0.388 e. The summed E-state index contributed by atoms with van der Waals surface area (Å²) >= 11 is 0. The average molecular weight is 240 g/mol. The summed E-state index contributed by atoms with van der Waals surface area (Å²) in [4.78, 5) is 14.5. The van der Waals surface area contributed by atoms with Gasteiger partial charge in [-0.15, -0.1) is 0 Å². The fourth-order valence-corrected chi connectivity index (χ4v) is 3.18. The molecule has 17 heavy (non-hydrogen) atoms. The predicted molar refractivity (Wildman–Crippen MR) is 66.6 cm³/mol. The maximum absolute atomic E-state index is 12.6. The SMILES string of the molecule is CCCC1(C(=O)N2CCC(C)(O)C2)CCNC1. The Labute approximate surface area is 103 Å². The Hall–Kier alpha value is -0.610. The Balaban J connectivity index is 2.07. The lowest BCUT2D eigenvalue weighted by Crippen LogP contribution is -2.45. The third kappa shape index (κ3) is 2.47. The minimum absolute atomic E-state index is 0.199. The number of carbonyl (C=O) groups excluding carboxylic acids is 1. The van der Waals surface area contributed by atoms with Gasteiger partial charge in [-0.2, -0.15) is 0 Å². The third-order valence-electron chi connectivity index (χ3n) is 4.16. The number of nitrogens with one attached hydrogen (secondary N) is 1. The van der Waals surface area contributed by atoms with Crippen LogP contribution in [0.5, 0.6) is 0 Å². The van der Waals surface area contributed by atoms with Crippen molar-refractivity contribution in [2.45, 2.75) is 45.1 Å². The van der Waals surface area contributed by atoms with Gasteiger partial charge in [-0.1, -0.05) is 13.3 Å². The van der Waals surface area contributed by atoms with E-state index in [1.807, 2.05) is 11.8 Å². The molecule has 4 nitrogen and oxygen atoms in total. The first-order chi connectivity index (χ1) is 7.99. The second-order valence-corrected chi connectivity index (χ2v) is 5.93. The summed E-state index contributed by atoms with van der Waals surface area (Å²) < 4.78 is 0. The van der Waals surface area contributed by atoms with Gasteiger partial charge in [-0.05, 0) is 32.7 Å². The van der Waals surface area contributed by atoms with Crippen LogP contribution in [0.4, 0.5) is 0 Å². The Bertz CT molecular complexity index is 296. The third-order valence-corrected chi connectivity index (χ3v) is 4.16. The van der Waals surface area contributed by atoms with Crippen LogP contribution in [0.25, 0.3) is 0 Å². The summed E-state index contributed by atoms with van der Waals surface area (Å²) in [5.41, 5.74) is -0.885. The minimum atomic E-state index is -0.685. The molecule has 98 valence electrons. The summed E-state index contributed by atoms with van der Waals surface area (Å²) in [5, 5.41) is 13.3. The zero-order valence-electron chi connectivity index (χ0n) is 11.0. The topological polar surface area (TPSA) is 52.6 Å². The van der Waals surface area contributed by atoms with Gasteiger partial charge in [0, 0.05) is 19.6 Å². The molecule has 2 N–H and O–H groups in total. The summed E-state index contributed by atoms with van der Waals surface area (Å²) in [6, 6.07) is 0. The smallest absolute Gasteiger partial charge is 0.230 e. The van der Waals surface area contributed by atoms with Gasteiger partial charge in [-0.3, -0.25) is 4.79 Å². The first kappa shape index (κ1) is 12.8. The van der Waals surface area contributed by atoms with E-state index in [0.29, 0.717) is 19.5 Å². The molecule has 2 heterocycles. The quantitative estimate of drug-likeness (QED) is 0.765. The van der Waals surface area contributed by atoms with E-state index >= 15 is 0 Å². The van der Waals surface area contributed by atoms with E-state index in [2.05, 4.69) is 12.2 Å². The van der Waals surface area contributed by atoms with Crippen LogP contribution in [0.15, 0.2) is 0 Å². The Morgan fingerprint density at radius 1 is 1.47 bits per heavy atom. The van der Waals surface area contributed by atoms with Crippen LogP contribution in [-0.2, 0) is 4.79 Å². The fraction of sp³-hybridized carbons (Fsp3) is 0.923. The van der Waals surface area contributed by atoms with Crippen molar-refractivity contribution in [3.63, 3.8) is 0 Å². The molecule has 0 spiro atoms. The largest absolute Gasteiger partial charge is 0.388 e. The van der Waals surface area contributed by atoms with E-state index in [0.717, 1.165) is 32.4 Å². The molecule has 2 saturated heterocycles. The molecule has 0 saturated carbocycles. The fourth-order valence-electron chi connectivity index (χ4n) is 3.18. The summed E-state index contributed by atoms with van der Waals surface area (Å²) in [5.74, 6) is 0.252. The number of β-amino-alcohol motifs (C(OH)–C–C–N with tert-alkyl or cyclic N) is 1. The molecule has 0 radical (unpaired) electrons. The molecule has 0 aromatic rings. The normalized spacial score (nSPS) is 37.7. The Morgan fingerprint density at radius 3 is 2.71 bits per heavy atom. The summed E-state index contributed by atoms with van der Waals surface area (Å²) in [7, 11) is 0. The van der Waals surface area contributed by atoms with Gasteiger partial charge >= 0.3 is 0 Å². The number of carbonyl (C=O) groups is 1. The highest BCUT2D eigenvalue weighted by molar-refractivity contribution is 5.83. The highest BCUT2D eigenvalue weighted by atomic mass is 16.3. The van der Waals surface area contributed by atoms with E-state index in [9.17, 15) is 9.90 Å². The highest BCUT2D eigenvalue weighted by Gasteiger charge is 2.45. The molecule has 0 aliphatic carbocycles. The summed E-state index contributed by atoms with van der Waals surface area (Å²) in [6.45, 7) is 6.90. The molecule has 0 aromatic carbocycles. The van der Waals surface area contributed by atoms with E-state index in [4.69, 9.17) is 0 Å². The van der Waals surface area contributed by atoms with Gasteiger partial charge in [0.1, 0.15) is 0 Å². The molecule has 2 aliphatic heterocycles. The van der Waals surface area contributed by atoms with Crippen LogP contribution in [0, 0.1) is 5.41 Å². The summed E-state index contributed by atoms with van der Waals surface area (Å²) in [6.07, 6.45) is 3.64. The van der Waals surface area contributed by atoms with Crippen molar-refractivity contribution >= 4 is 5.91 Å². The molecular formula is C13H24N2O2. The zero-order valence-corrected chi connectivity index (χ0v) is 11.0. The van der Waals surface area contributed by atoms with Gasteiger partial charge in [0.25, 0.3) is 0 Å². The Kier molecular flexibility index (Phi) is 3.46. The molecule has 2 aliphatic rings. The number of hydrogen-bond donors (Lipinski definition) is 2. The zero-order chi connectivity index (χ0) is 12.5. The van der Waals surface area contributed by atoms with Crippen molar-refractivity contribution < 1.29 is 9.90 Å². The second kappa shape index (κ2) is 4.58. The van der Waals surface area contributed by atoms with Crippen LogP contribution in [-0.4, -0.2) is 47.7 Å². The van der Waals surface area contributed by atoms with Crippen LogP contribution in [0.2, 0.25) is 0 Å². The lowest BCUT2D eigenvalue weighted by Gasteiger charge is -2.32. The van der Waals surface area contributed by atoms with Crippen LogP contribution >= 0.6 is 0 Å². The van der Waals surface area contributed by atoms with E-state index in [-0.39, 0.29) is 11.3 Å². The van der Waals surface area contributed by atoms with Gasteiger partial charge < -0.3 is 15.3 Å². The van der Waals surface area contributed by atoms with Gasteiger partial charge in [0.05, 0.1) is 11.0 Å². The van der Waals surface area contributed by atoms with Crippen LogP contribution in [0.3, 0.4) is 0 Å². The number of rotatable bonds is 3. The van der Waals surface area contributed by atoms with E-state index in [1.54, 1.807) is 0 Å². The van der Waals surface area contributed by atoms with Crippen molar-refractivity contribution in [2.24, 2.45) is 5.41 Å². The molecule has 2 fully saturated rings. The first-order valence-electron chi connectivity index (χ1n) is 6.72. The van der Waals surface area contributed by atoms with Crippen LogP contribution in [0.1, 0.15) is 39.5 Å². The number of aliphatic hydroxyl groups is 1. The molecule has 2 unspecified atom stereocenters. The standard InChI is InChI=1S/C13H24N2O2/c1-3-4-13(5-7-14-9-13)11(16)15-8-6-12(2,17)10-15/h14,17H,3-10H2,1-2H3. The maximum atomic E-state index is 12.6. The van der Waals surface area contributed by atoms with Crippen molar-refractivity contribution in [1.29, 1.82) is 0 Å².